The van der Waals surface area contributed by atoms with E-state index in [4.69, 9.17) is 4.74 Å². The maximum atomic E-state index is 12.4. The van der Waals surface area contributed by atoms with Gasteiger partial charge in [-0.25, -0.2) is 4.98 Å². The van der Waals surface area contributed by atoms with Gasteiger partial charge >= 0.3 is 5.97 Å². The Morgan fingerprint density at radius 1 is 1.45 bits per heavy atom. The minimum Gasteiger partial charge on any atom is -0.481 e. The number of likely N-dealkylation sites (tertiary alicyclic amines) is 1. The third kappa shape index (κ3) is 3.59. The van der Waals surface area contributed by atoms with Gasteiger partial charge in [0.15, 0.2) is 0 Å². The van der Waals surface area contributed by atoms with E-state index in [1.54, 1.807) is 12.0 Å². The molecule has 1 aliphatic rings. The number of amides is 1. The first-order chi connectivity index (χ1) is 10.6. The molecule has 1 N–H and O–H groups in total. The van der Waals surface area contributed by atoms with E-state index in [1.165, 1.54) is 18.6 Å². The first-order valence-corrected chi connectivity index (χ1v) is 7.37. The number of carbonyl (C=O) groups excluding carboxylic acids is 1. The van der Waals surface area contributed by atoms with Crippen molar-refractivity contribution in [2.45, 2.75) is 25.7 Å². The second-order valence-electron chi connectivity index (χ2n) is 5.60. The standard InChI is InChI=1S/C15H21N3O4/c1-22-9-3-5-15(14(20)21)4-2-8-18(11-15)13(19)12-10-16-6-7-17-12/h6-7,10H,2-5,8-9,11H2,1H3,(H,20,21). The molecule has 7 heteroatoms. The van der Waals surface area contributed by atoms with E-state index in [9.17, 15) is 14.7 Å². The van der Waals surface area contributed by atoms with Gasteiger partial charge in [0.1, 0.15) is 5.69 Å². The minimum atomic E-state index is -0.894. The molecule has 1 aliphatic heterocycles. The highest BCUT2D eigenvalue weighted by atomic mass is 16.5. The molecule has 0 saturated carbocycles. The molecule has 22 heavy (non-hydrogen) atoms. The summed E-state index contributed by atoms with van der Waals surface area (Å²) in [6, 6.07) is 0. The fourth-order valence-corrected chi connectivity index (χ4v) is 2.92. The van der Waals surface area contributed by atoms with Crippen LogP contribution in [0.15, 0.2) is 18.6 Å². The molecule has 1 saturated heterocycles. The quantitative estimate of drug-likeness (QED) is 0.794. The number of aliphatic carboxylic acids is 1. The molecule has 0 aromatic carbocycles. The van der Waals surface area contributed by atoms with Crippen LogP contribution in [0.5, 0.6) is 0 Å². The lowest BCUT2D eigenvalue weighted by Gasteiger charge is -2.39. The molecular weight excluding hydrogens is 286 g/mol. The normalized spacial score (nSPS) is 21.6. The van der Waals surface area contributed by atoms with Crippen molar-refractivity contribution < 1.29 is 19.4 Å². The van der Waals surface area contributed by atoms with Gasteiger partial charge in [-0.3, -0.25) is 14.6 Å². The summed E-state index contributed by atoms with van der Waals surface area (Å²) in [5, 5.41) is 9.65. The summed E-state index contributed by atoms with van der Waals surface area (Å²) in [5.74, 6) is -1.11. The molecule has 7 nitrogen and oxygen atoms in total. The van der Waals surface area contributed by atoms with Crippen LogP contribution in [0.4, 0.5) is 0 Å². The van der Waals surface area contributed by atoms with Gasteiger partial charge in [0.25, 0.3) is 5.91 Å². The predicted molar refractivity (Wildman–Crippen MR) is 78.3 cm³/mol. The third-order valence-corrected chi connectivity index (χ3v) is 4.10. The molecule has 2 rings (SSSR count). The number of aromatic nitrogens is 2. The number of piperidine rings is 1. The molecule has 2 heterocycles. The third-order valence-electron chi connectivity index (χ3n) is 4.10. The van der Waals surface area contributed by atoms with E-state index >= 15 is 0 Å². The first kappa shape index (κ1) is 16.4. The van der Waals surface area contributed by atoms with Gasteiger partial charge in [-0.1, -0.05) is 0 Å². The maximum Gasteiger partial charge on any atom is 0.311 e. The Labute approximate surface area is 129 Å². The van der Waals surface area contributed by atoms with Crippen molar-refractivity contribution in [3.8, 4) is 0 Å². The van der Waals surface area contributed by atoms with Crippen LogP contribution < -0.4 is 0 Å². The van der Waals surface area contributed by atoms with Crippen molar-refractivity contribution in [3.05, 3.63) is 24.3 Å². The van der Waals surface area contributed by atoms with Gasteiger partial charge in [0, 0.05) is 39.2 Å². The van der Waals surface area contributed by atoms with Crippen LogP contribution in [-0.2, 0) is 9.53 Å². The first-order valence-electron chi connectivity index (χ1n) is 7.37. The van der Waals surface area contributed by atoms with Gasteiger partial charge in [0.05, 0.1) is 11.6 Å². The number of carbonyl (C=O) groups is 2. The number of carboxylic acids is 1. The van der Waals surface area contributed by atoms with Crippen molar-refractivity contribution in [1.29, 1.82) is 0 Å². The second-order valence-corrected chi connectivity index (χ2v) is 5.60. The summed E-state index contributed by atoms with van der Waals surface area (Å²) < 4.78 is 5.01. The molecule has 1 fully saturated rings. The Bertz CT molecular complexity index is 523. The number of hydrogen-bond donors (Lipinski definition) is 1. The SMILES string of the molecule is COCCCC1(C(=O)O)CCCN(C(=O)c2cnccn2)C1. The van der Waals surface area contributed by atoms with Crippen LogP contribution in [0.3, 0.4) is 0 Å². The van der Waals surface area contributed by atoms with Crippen LogP contribution in [0, 0.1) is 5.41 Å². The average Bonchev–Trinajstić information content (AvgIpc) is 2.55. The summed E-state index contributed by atoms with van der Waals surface area (Å²) in [6.45, 7) is 1.28. The Kier molecular flexibility index (Phi) is 5.43. The Morgan fingerprint density at radius 3 is 2.91 bits per heavy atom. The number of hydrogen-bond acceptors (Lipinski definition) is 5. The number of ether oxygens (including phenoxy) is 1. The molecule has 1 amide bonds. The Morgan fingerprint density at radius 2 is 2.27 bits per heavy atom. The molecule has 120 valence electrons. The number of carboxylic acid groups (broad SMARTS) is 1. The van der Waals surface area contributed by atoms with Gasteiger partial charge in [-0.2, -0.15) is 0 Å². The van der Waals surface area contributed by atoms with Crippen LogP contribution in [0.25, 0.3) is 0 Å². The highest BCUT2D eigenvalue weighted by Gasteiger charge is 2.43. The maximum absolute atomic E-state index is 12.4. The zero-order valence-electron chi connectivity index (χ0n) is 12.7. The van der Waals surface area contributed by atoms with E-state index in [0.29, 0.717) is 38.8 Å². The van der Waals surface area contributed by atoms with Crippen LogP contribution >= 0.6 is 0 Å². The van der Waals surface area contributed by atoms with Crippen LogP contribution in [0.1, 0.15) is 36.2 Å². The molecule has 1 aromatic rings. The topological polar surface area (TPSA) is 92.6 Å². The van der Waals surface area contributed by atoms with E-state index in [2.05, 4.69) is 9.97 Å². The molecule has 0 radical (unpaired) electrons. The summed E-state index contributed by atoms with van der Waals surface area (Å²) in [6.07, 6.45) is 6.78. The monoisotopic (exact) mass is 307 g/mol. The molecule has 1 aromatic heterocycles. The lowest BCUT2D eigenvalue weighted by molar-refractivity contribution is -0.152. The zero-order valence-corrected chi connectivity index (χ0v) is 12.7. The summed E-state index contributed by atoms with van der Waals surface area (Å²) >= 11 is 0. The van der Waals surface area contributed by atoms with Gasteiger partial charge < -0.3 is 14.7 Å². The van der Waals surface area contributed by atoms with Gasteiger partial charge in [-0.05, 0) is 25.7 Å². The lowest BCUT2D eigenvalue weighted by atomic mass is 9.76. The van der Waals surface area contributed by atoms with Crippen molar-refractivity contribution in [1.82, 2.24) is 14.9 Å². The fourth-order valence-electron chi connectivity index (χ4n) is 2.92. The molecular formula is C15H21N3O4. The average molecular weight is 307 g/mol. The molecule has 1 atom stereocenters. The van der Waals surface area contributed by atoms with Crippen molar-refractivity contribution in [2.24, 2.45) is 5.41 Å². The largest absolute Gasteiger partial charge is 0.481 e. The van der Waals surface area contributed by atoms with E-state index in [-0.39, 0.29) is 18.1 Å². The predicted octanol–water partition coefficient (Wildman–Crippen LogP) is 1.21. The van der Waals surface area contributed by atoms with Gasteiger partial charge in [0.2, 0.25) is 0 Å². The van der Waals surface area contributed by atoms with Crippen LogP contribution in [-0.4, -0.2) is 58.7 Å². The Balaban J connectivity index is 2.11. The number of nitrogens with zero attached hydrogens (tertiary/aromatic N) is 3. The summed E-state index contributed by atoms with van der Waals surface area (Å²) in [5.41, 5.74) is -0.644. The van der Waals surface area contributed by atoms with E-state index in [1.807, 2.05) is 0 Å². The molecule has 1 unspecified atom stereocenters. The zero-order chi connectivity index (χ0) is 16.0. The number of methoxy groups -OCH3 is 1. The van der Waals surface area contributed by atoms with E-state index in [0.717, 1.165) is 0 Å². The van der Waals surface area contributed by atoms with E-state index < -0.39 is 11.4 Å². The van der Waals surface area contributed by atoms with Crippen molar-refractivity contribution in [3.63, 3.8) is 0 Å². The van der Waals surface area contributed by atoms with Crippen molar-refractivity contribution in [2.75, 3.05) is 26.8 Å². The fraction of sp³-hybridized carbons (Fsp3) is 0.600. The molecule has 0 spiro atoms. The lowest BCUT2D eigenvalue weighted by Crippen LogP contribution is -2.50. The van der Waals surface area contributed by atoms with Gasteiger partial charge in [-0.15, -0.1) is 0 Å². The Hall–Kier alpha value is -2.02. The van der Waals surface area contributed by atoms with Crippen LogP contribution in [0.2, 0.25) is 0 Å². The van der Waals surface area contributed by atoms with Crippen molar-refractivity contribution >= 4 is 11.9 Å². The molecule has 0 bridgehead atoms. The second kappa shape index (κ2) is 7.31. The highest BCUT2D eigenvalue weighted by Crippen LogP contribution is 2.35. The highest BCUT2D eigenvalue weighted by molar-refractivity contribution is 5.92. The smallest absolute Gasteiger partial charge is 0.311 e. The minimum absolute atomic E-state index is 0.210. The number of rotatable bonds is 6. The summed E-state index contributed by atoms with van der Waals surface area (Å²) in [4.78, 5) is 33.7. The molecule has 0 aliphatic carbocycles. The summed E-state index contributed by atoms with van der Waals surface area (Å²) in [7, 11) is 1.60.